The highest BCUT2D eigenvalue weighted by Gasteiger charge is 2.30. The number of hydrogen-bond acceptors (Lipinski definition) is 5. The summed E-state index contributed by atoms with van der Waals surface area (Å²) in [6, 6.07) is 5.21. The van der Waals surface area contributed by atoms with Gasteiger partial charge in [0.1, 0.15) is 11.9 Å². The lowest BCUT2D eigenvalue weighted by Crippen LogP contribution is -2.58. The summed E-state index contributed by atoms with van der Waals surface area (Å²) in [4.78, 5) is 20.0. The monoisotopic (exact) mass is 259 g/mol. The van der Waals surface area contributed by atoms with Gasteiger partial charge in [0.05, 0.1) is 11.6 Å². The van der Waals surface area contributed by atoms with Gasteiger partial charge < -0.3 is 15.1 Å². The Balaban J connectivity index is 2.29. The summed E-state index contributed by atoms with van der Waals surface area (Å²) in [6.45, 7) is 2.09. The number of hydrogen-bond donors (Lipinski definition) is 1. The molecule has 0 aromatic carbocycles. The third-order valence-corrected chi connectivity index (χ3v) is 3.14. The number of carbonyl (C=O) groups is 1. The molecule has 6 heteroatoms. The van der Waals surface area contributed by atoms with E-state index < -0.39 is 0 Å². The minimum atomic E-state index is -0.273. The molecule has 1 unspecified atom stereocenters. The zero-order valence-corrected chi connectivity index (χ0v) is 11.1. The van der Waals surface area contributed by atoms with Gasteiger partial charge in [-0.05, 0) is 12.1 Å². The van der Waals surface area contributed by atoms with Gasteiger partial charge in [-0.3, -0.25) is 4.79 Å². The Hall–Kier alpha value is -2.13. The highest BCUT2D eigenvalue weighted by Crippen LogP contribution is 2.17. The fraction of sp³-hybridized carbons (Fsp3) is 0.462. The number of pyridine rings is 1. The first-order chi connectivity index (χ1) is 9.13. The summed E-state index contributed by atoms with van der Waals surface area (Å²) in [5.41, 5.74) is 0.555. The van der Waals surface area contributed by atoms with E-state index in [4.69, 9.17) is 5.26 Å². The van der Waals surface area contributed by atoms with E-state index in [-0.39, 0.29) is 11.9 Å². The molecule has 1 aliphatic heterocycles. The van der Waals surface area contributed by atoms with Crippen molar-refractivity contribution in [1.82, 2.24) is 15.2 Å². The van der Waals surface area contributed by atoms with Crippen LogP contribution in [0.4, 0.5) is 5.82 Å². The summed E-state index contributed by atoms with van der Waals surface area (Å²) >= 11 is 0. The minimum Gasteiger partial charge on any atom is -0.347 e. The van der Waals surface area contributed by atoms with Crippen LogP contribution in [0.3, 0.4) is 0 Å². The molecule has 0 saturated carbocycles. The topological polar surface area (TPSA) is 72.3 Å². The van der Waals surface area contributed by atoms with E-state index >= 15 is 0 Å². The second-order valence-electron chi connectivity index (χ2n) is 4.66. The van der Waals surface area contributed by atoms with Gasteiger partial charge in [-0.25, -0.2) is 4.98 Å². The highest BCUT2D eigenvalue weighted by molar-refractivity contribution is 5.85. The average Bonchev–Trinajstić information content (AvgIpc) is 2.46. The van der Waals surface area contributed by atoms with Crippen molar-refractivity contribution in [2.45, 2.75) is 6.04 Å². The summed E-state index contributed by atoms with van der Waals surface area (Å²) in [6.07, 6.45) is 1.60. The standard InChI is InChI=1S/C13H17N5O/c1-17(2)13(19)11-9-15-5-6-18(11)12-7-10(8-14)3-4-16-12/h3-4,7,11,15H,5-6,9H2,1-2H3. The zero-order chi connectivity index (χ0) is 13.8. The van der Waals surface area contributed by atoms with Crippen LogP contribution in [0.2, 0.25) is 0 Å². The molecule has 19 heavy (non-hydrogen) atoms. The molecule has 0 radical (unpaired) electrons. The second kappa shape index (κ2) is 5.67. The van der Waals surface area contributed by atoms with Gasteiger partial charge in [-0.15, -0.1) is 0 Å². The Morgan fingerprint density at radius 1 is 1.63 bits per heavy atom. The summed E-state index contributed by atoms with van der Waals surface area (Å²) in [5, 5.41) is 12.2. The highest BCUT2D eigenvalue weighted by atomic mass is 16.2. The lowest BCUT2D eigenvalue weighted by atomic mass is 10.1. The van der Waals surface area contributed by atoms with E-state index in [2.05, 4.69) is 16.4 Å². The number of amides is 1. The van der Waals surface area contributed by atoms with Crippen molar-refractivity contribution in [1.29, 1.82) is 5.26 Å². The Morgan fingerprint density at radius 2 is 2.42 bits per heavy atom. The maximum Gasteiger partial charge on any atom is 0.246 e. The zero-order valence-electron chi connectivity index (χ0n) is 11.1. The molecule has 2 rings (SSSR count). The van der Waals surface area contributed by atoms with Crippen molar-refractivity contribution in [2.75, 3.05) is 38.6 Å². The van der Waals surface area contributed by atoms with Crippen molar-refractivity contribution < 1.29 is 4.79 Å². The van der Waals surface area contributed by atoms with Crippen LogP contribution in [-0.4, -0.2) is 55.6 Å². The van der Waals surface area contributed by atoms with Crippen molar-refractivity contribution in [3.05, 3.63) is 23.9 Å². The summed E-state index contributed by atoms with van der Waals surface area (Å²) < 4.78 is 0. The van der Waals surface area contributed by atoms with Gasteiger partial charge in [-0.2, -0.15) is 5.26 Å². The lowest BCUT2D eigenvalue weighted by Gasteiger charge is -2.37. The molecular weight excluding hydrogens is 242 g/mol. The molecule has 1 N–H and O–H groups in total. The average molecular weight is 259 g/mol. The van der Waals surface area contributed by atoms with Crippen LogP contribution in [0.15, 0.2) is 18.3 Å². The van der Waals surface area contributed by atoms with Crippen LogP contribution >= 0.6 is 0 Å². The third-order valence-electron chi connectivity index (χ3n) is 3.14. The quantitative estimate of drug-likeness (QED) is 0.797. The number of nitrogens with zero attached hydrogens (tertiary/aromatic N) is 4. The van der Waals surface area contributed by atoms with E-state index in [1.807, 2.05) is 4.90 Å². The number of likely N-dealkylation sites (N-methyl/N-ethyl adjacent to an activating group) is 1. The van der Waals surface area contributed by atoms with Crippen LogP contribution in [0.5, 0.6) is 0 Å². The number of piperazine rings is 1. The molecule has 0 spiro atoms. The number of rotatable bonds is 2. The van der Waals surface area contributed by atoms with Gasteiger partial charge >= 0.3 is 0 Å². The van der Waals surface area contributed by atoms with Crippen LogP contribution in [0.1, 0.15) is 5.56 Å². The lowest BCUT2D eigenvalue weighted by molar-refractivity contribution is -0.130. The van der Waals surface area contributed by atoms with Crippen molar-refractivity contribution >= 4 is 11.7 Å². The van der Waals surface area contributed by atoms with Gasteiger partial charge in [0.2, 0.25) is 5.91 Å². The first kappa shape index (κ1) is 13.3. The predicted molar refractivity (Wildman–Crippen MR) is 71.6 cm³/mol. The number of aromatic nitrogens is 1. The molecule has 1 aromatic heterocycles. The van der Waals surface area contributed by atoms with Gasteiger partial charge in [0, 0.05) is 39.9 Å². The molecule has 6 nitrogen and oxygen atoms in total. The van der Waals surface area contributed by atoms with Gasteiger partial charge in [0.15, 0.2) is 0 Å². The molecule has 1 aliphatic rings. The normalized spacial score (nSPS) is 18.8. The molecule has 0 aliphatic carbocycles. The van der Waals surface area contributed by atoms with Crippen molar-refractivity contribution in [3.8, 4) is 6.07 Å². The maximum absolute atomic E-state index is 12.2. The molecule has 1 fully saturated rings. The van der Waals surface area contributed by atoms with E-state index in [0.717, 1.165) is 6.54 Å². The van der Waals surface area contributed by atoms with Crippen LogP contribution in [0.25, 0.3) is 0 Å². The number of carbonyl (C=O) groups excluding carboxylic acids is 1. The first-order valence-electron chi connectivity index (χ1n) is 6.18. The number of anilines is 1. The Kier molecular flexibility index (Phi) is 3.97. The SMILES string of the molecule is CN(C)C(=O)C1CNCCN1c1cc(C#N)ccn1. The Labute approximate surface area is 112 Å². The van der Waals surface area contributed by atoms with E-state index in [0.29, 0.717) is 24.5 Å². The van der Waals surface area contributed by atoms with Crippen LogP contribution < -0.4 is 10.2 Å². The smallest absolute Gasteiger partial charge is 0.246 e. The molecular formula is C13H17N5O. The molecule has 0 bridgehead atoms. The Bertz CT molecular complexity index is 508. The maximum atomic E-state index is 12.2. The molecule has 1 atom stereocenters. The Morgan fingerprint density at radius 3 is 3.11 bits per heavy atom. The first-order valence-corrected chi connectivity index (χ1v) is 6.18. The summed E-state index contributed by atoms with van der Waals surface area (Å²) in [5.74, 6) is 0.720. The van der Waals surface area contributed by atoms with Crippen LogP contribution in [-0.2, 0) is 4.79 Å². The van der Waals surface area contributed by atoms with Gasteiger partial charge in [0.25, 0.3) is 0 Å². The second-order valence-corrected chi connectivity index (χ2v) is 4.66. The molecule has 1 aromatic rings. The number of nitrogens with one attached hydrogen (secondary N) is 1. The van der Waals surface area contributed by atoms with E-state index in [1.54, 1.807) is 37.3 Å². The van der Waals surface area contributed by atoms with E-state index in [1.165, 1.54) is 0 Å². The van der Waals surface area contributed by atoms with E-state index in [9.17, 15) is 4.79 Å². The molecule has 2 heterocycles. The van der Waals surface area contributed by atoms with Crippen molar-refractivity contribution in [2.24, 2.45) is 0 Å². The molecule has 1 saturated heterocycles. The minimum absolute atomic E-state index is 0.0383. The third kappa shape index (κ3) is 2.83. The summed E-state index contributed by atoms with van der Waals surface area (Å²) in [7, 11) is 3.49. The number of nitriles is 1. The van der Waals surface area contributed by atoms with Crippen molar-refractivity contribution in [3.63, 3.8) is 0 Å². The van der Waals surface area contributed by atoms with Crippen LogP contribution in [0, 0.1) is 11.3 Å². The molecule has 1 amide bonds. The fourth-order valence-corrected chi connectivity index (χ4v) is 2.14. The fourth-order valence-electron chi connectivity index (χ4n) is 2.14. The molecule has 100 valence electrons. The largest absolute Gasteiger partial charge is 0.347 e. The predicted octanol–water partition coefficient (Wildman–Crippen LogP) is -0.180. The van der Waals surface area contributed by atoms with Gasteiger partial charge in [-0.1, -0.05) is 0 Å².